The molecule has 2 rings (SSSR count). The summed E-state index contributed by atoms with van der Waals surface area (Å²) in [6.45, 7) is 2.30. The van der Waals surface area contributed by atoms with Crippen LogP contribution in [0.15, 0.2) is 30.3 Å². The molecule has 1 aromatic carbocycles. The van der Waals surface area contributed by atoms with E-state index in [1.807, 2.05) is 18.2 Å². The second-order valence-electron chi connectivity index (χ2n) is 6.51. The molecule has 1 fully saturated rings. The zero-order chi connectivity index (χ0) is 15.1. The maximum Gasteiger partial charge on any atom is 0.220 e. The fourth-order valence-electron chi connectivity index (χ4n) is 3.09. The van der Waals surface area contributed by atoms with Crippen LogP contribution in [0.3, 0.4) is 0 Å². The van der Waals surface area contributed by atoms with Crippen LogP contribution < -0.4 is 5.32 Å². The molecule has 3 nitrogen and oxygen atoms in total. The first-order valence-electron chi connectivity index (χ1n) is 8.09. The first kappa shape index (κ1) is 16.0. The van der Waals surface area contributed by atoms with E-state index in [1.54, 1.807) is 0 Å². The Bertz CT molecular complexity index is 436. The number of rotatable bonds is 6. The molecule has 0 aromatic heterocycles. The van der Waals surface area contributed by atoms with Crippen LogP contribution in [0.1, 0.15) is 51.0 Å². The van der Waals surface area contributed by atoms with Gasteiger partial charge in [-0.05, 0) is 50.0 Å². The number of amides is 1. The Morgan fingerprint density at radius 3 is 2.57 bits per heavy atom. The fraction of sp³-hybridized carbons (Fsp3) is 0.611. The molecule has 0 atom stereocenters. The Labute approximate surface area is 127 Å². The van der Waals surface area contributed by atoms with Gasteiger partial charge in [-0.2, -0.15) is 0 Å². The van der Waals surface area contributed by atoms with Gasteiger partial charge in [-0.1, -0.05) is 37.3 Å². The minimum absolute atomic E-state index is 0.0597. The molecule has 0 unspecified atom stereocenters. The van der Waals surface area contributed by atoms with Crippen molar-refractivity contribution in [3.05, 3.63) is 35.9 Å². The number of aliphatic hydroxyl groups is 1. The first-order valence-corrected chi connectivity index (χ1v) is 8.09. The molecule has 116 valence electrons. The van der Waals surface area contributed by atoms with Crippen molar-refractivity contribution < 1.29 is 9.90 Å². The summed E-state index contributed by atoms with van der Waals surface area (Å²) in [7, 11) is 0. The van der Waals surface area contributed by atoms with Crippen molar-refractivity contribution in [2.75, 3.05) is 6.61 Å². The smallest absolute Gasteiger partial charge is 0.220 e. The van der Waals surface area contributed by atoms with Crippen LogP contribution in [0.25, 0.3) is 0 Å². The van der Waals surface area contributed by atoms with Crippen molar-refractivity contribution in [1.82, 2.24) is 5.32 Å². The predicted molar refractivity (Wildman–Crippen MR) is 85.0 cm³/mol. The third-order valence-electron chi connectivity index (χ3n) is 4.65. The van der Waals surface area contributed by atoms with Gasteiger partial charge in [0.05, 0.1) is 12.1 Å². The predicted octanol–water partition coefficient (Wildman–Crippen LogP) is 3.07. The van der Waals surface area contributed by atoms with E-state index in [4.69, 9.17) is 0 Å². The molecule has 1 saturated carbocycles. The number of aliphatic hydroxyl groups excluding tert-OH is 1. The van der Waals surface area contributed by atoms with E-state index >= 15 is 0 Å². The lowest BCUT2D eigenvalue weighted by molar-refractivity contribution is -0.124. The van der Waals surface area contributed by atoms with E-state index in [0.29, 0.717) is 12.3 Å². The summed E-state index contributed by atoms with van der Waals surface area (Å²) in [5.74, 6) is 0.786. The number of nitrogens with one attached hydrogen (secondary N) is 1. The van der Waals surface area contributed by atoms with Gasteiger partial charge in [-0.15, -0.1) is 0 Å². The normalized spacial score (nSPS) is 25.5. The minimum Gasteiger partial charge on any atom is -0.394 e. The molecule has 1 aliphatic rings. The van der Waals surface area contributed by atoms with Gasteiger partial charge in [-0.3, -0.25) is 4.79 Å². The summed E-state index contributed by atoms with van der Waals surface area (Å²) >= 11 is 0. The summed E-state index contributed by atoms with van der Waals surface area (Å²) in [6, 6.07) is 10.2. The monoisotopic (exact) mass is 289 g/mol. The lowest BCUT2D eigenvalue weighted by Gasteiger charge is -2.38. The lowest BCUT2D eigenvalue weighted by atomic mass is 9.77. The summed E-state index contributed by atoms with van der Waals surface area (Å²) in [5.41, 5.74) is 0.907. The molecular weight excluding hydrogens is 262 g/mol. The second kappa shape index (κ2) is 7.60. The number of benzene rings is 1. The quantitative estimate of drug-likeness (QED) is 0.845. The highest BCUT2D eigenvalue weighted by molar-refractivity contribution is 5.76. The average molecular weight is 289 g/mol. The summed E-state index contributed by atoms with van der Waals surface area (Å²) in [5, 5.41) is 12.8. The lowest BCUT2D eigenvalue weighted by Crippen LogP contribution is -2.53. The third kappa shape index (κ3) is 4.85. The van der Waals surface area contributed by atoms with Crippen LogP contribution >= 0.6 is 0 Å². The Kier molecular flexibility index (Phi) is 5.80. The van der Waals surface area contributed by atoms with Crippen LogP contribution in [-0.4, -0.2) is 23.2 Å². The average Bonchev–Trinajstić information content (AvgIpc) is 2.51. The standard InChI is InChI=1S/C18H27NO2/c1-15-10-12-18(14-20,13-11-15)19-17(21)9-5-8-16-6-3-2-4-7-16/h2-4,6-7,15,20H,5,8-14H2,1H3,(H,19,21). The van der Waals surface area contributed by atoms with E-state index in [1.165, 1.54) is 5.56 Å². The summed E-state index contributed by atoms with van der Waals surface area (Å²) < 4.78 is 0. The summed E-state index contributed by atoms with van der Waals surface area (Å²) in [6.07, 6.45) is 6.29. The number of carbonyl (C=O) groups is 1. The SMILES string of the molecule is CC1CCC(CO)(NC(=O)CCCc2ccccc2)CC1. The van der Waals surface area contributed by atoms with Crippen molar-refractivity contribution in [2.24, 2.45) is 5.92 Å². The number of carbonyl (C=O) groups excluding carboxylic acids is 1. The van der Waals surface area contributed by atoms with Crippen molar-refractivity contribution in [2.45, 2.75) is 57.4 Å². The molecule has 0 saturated heterocycles. The molecule has 0 spiro atoms. The van der Waals surface area contributed by atoms with Gasteiger partial charge < -0.3 is 10.4 Å². The zero-order valence-corrected chi connectivity index (χ0v) is 13.0. The second-order valence-corrected chi connectivity index (χ2v) is 6.51. The molecule has 1 aromatic rings. The van der Waals surface area contributed by atoms with Gasteiger partial charge >= 0.3 is 0 Å². The van der Waals surface area contributed by atoms with Crippen LogP contribution in [0.2, 0.25) is 0 Å². The van der Waals surface area contributed by atoms with Crippen molar-refractivity contribution in [3.63, 3.8) is 0 Å². The number of hydrogen-bond acceptors (Lipinski definition) is 2. The Hall–Kier alpha value is -1.35. The number of hydrogen-bond donors (Lipinski definition) is 2. The summed E-state index contributed by atoms with van der Waals surface area (Å²) in [4.78, 5) is 12.1. The zero-order valence-electron chi connectivity index (χ0n) is 13.0. The molecular formula is C18H27NO2. The molecule has 0 heterocycles. The van der Waals surface area contributed by atoms with E-state index in [2.05, 4.69) is 24.4 Å². The maximum absolute atomic E-state index is 12.1. The van der Waals surface area contributed by atoms with Gasteiger partial charge in [0.25, 0.3) is 0 Å². The maximum atomic E-state index is 12.1. The fourth-order valence-corrected chi connectivity index (χ4v) is 3.09. The van der Waals surface area contributed by atoms with Gasteiger partial charge in [0.15, 0.2) is 0 Å². The van der Waals surface area contributed by atoms with Crippen LogP contribution in [0.4, 0.5) is 0 Å². The molecule has 3 heteroatoms. The van der Waals surface area contributed by atoms with E-state index in [0.717, 1.165) is 38.5 Å². The molecule has 0 bridgehead atoms. The topological polar surface area (TPSA) is 49.3 Å². The van der Waals surface area contributed by atoms with Crippen molar-refractivity contribution in [1.29, 1.82) is 0 Å². The Balaban J connectivity index is 1.75. The van der Waals surface area contributed by atoms with Gasteiger partial charge in [0, 0.05) is 6.42 Å². The van der Waals surface area contributed by atoms with Gasteiger partial charge in [-0.25, -0.2) is 0 Å². The Morgan fingerprint density at radius 2 is 1.95 bits per heavy atom. The van der Waals surface area contributed by atoms with Crippen LogP contribution in [0.5, 0.6) is 0 Å². The molecule has 1 aliphatic carbocycles. The molecule has 2 N–H and O–H groups in total. The van der Waals surface area contributed by atoms with E-state index in [-0.39, 0.29) is 18.1 Å². The highest BCUT2D eigenvalue weighted by Gasteiger charge is 2.34. The molecule has 0 radical (unpaired) electrons. The largest absolute Gasteiger partial charge is 0.394 e. The van der Waals surface area contributed by atoms with Crippen molar-refractivity contribution in [3.8, 4) is 0 Å². The minimum atomic E-state index is -0.365. The highest BCUT2D eigenvalue weighted by atomic mass is 16.3. The number of aryl methyl sites for hydroxylation is 1. The molecule has 1 amide bonds. The van der Waals surface area contributed by atoms with E-state index in [9.17, 15) is 9.90 Å². The van der Waals surface area contributed by atoms with Crippen LogP contribution in [0, 0.1) is 5.92 Å². The van der Waals surface area contributed by atoms with Crippen molar-refractivity contribution >= 4 is 5.91 Å². The van der Waals surface area contributed by atoms with Gasteiger partial charge in [0.1, 0.15) is 0 Å². The molecule has 0 aliphatic heterocycles. The third-order valence-corrected chi connectivity index (χ3v) is 4.65. The van der Waals surface area contributed by atoms with Crippen LogP contribution in [-0.2, 0) is 11.2 Å². The van der Waals surface area contributed by atoms with Gasteiger partial charge in [0.2, 0.25) is 5.91 Å². The molecule has 21 heavy (non-hydrogen) atoms. The highest BCUT2D eigenvalue weighted by Crippen LogP contribution is 2.31. The Morgan fingerprint density at radius 1 is 1.29 bits per heavy atom. The van der Waals surface area contributed by atoms with E-state index < -0.39 is 0 Å². The first-order chi connectivity index (χ1) is 10.1.